The number of rotatable bonds is 2. The number of aromatic nitrogens is 1. The molecule has 2 bridgehead atoms. The van der Waals surface area contributed by atoms with Gasteiger partial charge >= 0.3 is 0 Å². The van der Waals surface area contributed by atoms with Crippen LogP contribution in [0.5, 0.6) is 0 Å². The molecule has 3 fully saturated rings. The molecule has 4 heterocycles. The molecule has 82 valence electrons. The Bertz CT molecular complexity index is 330. The van der Waals surface area contributed by atoms with Gasteiger partial charge in [0.25, 0.3) is 0 Å². The van der Waals surface area contributed by atoms with E-state index >= 15 is 0 Å². The lowest BCUT2D eigenvalue weighted by molar-refractivity contribution is 0.00751. The lowest BCUT2D eigenvalue weighted by Gasteiger charge is -2.52. The first-order valence-corrected chi connectivity index (χ1v) is 6.54. The number of piperidine rings is 3. The molecule has 4 heteroatoms. The van der Waals surface area contributed by atoms with Crippen LogP contribution >= 0.6 is 11.3 Å². The van der Waals surface area contributed by atoms with Crippen LogP contribution in [0.15, 0.2) is 11.6 Å². The highest BCUT2D eigenvalue weighted by Crippen LogP contribution is 2.42. The highest BCUT2D eigenvalue weighted by Gasteiger charge is 2.48. The summed E-state index contributed by atoms with van der Waals surface area (Å²) in [5.74, 6) is 0.777. The maximum absolute atomic E-state index is 4.53. The molecule has 3 aliphatic heterocycles. The molecule has 0 spiro atoms. The third-order valence-corrected chi connectivity index (χ3v) is 4.97. The molecule has 4 rings (SSSR count). The Balaban J connectivity index is 1.99. The topological polar surface area (TPSA) is 28.2 Å². The fourth-order valence-corrected chi connectivity index (χ4v) is 4.06. The third-order valence-electron chi connectivity index (χ3n) is 4.02. The van der Waals surface area contributed by atoms with Crippen molar-refractivity contribution in [3.05, 3.63) is 16.6 Å². The van der Waals surface area contributed by atoms with Crippen molar-refractivity contribution in [3.63, 3.8) is 0 Å². The maximum atomic E-state index is 4.53. The minimum Gasteiger partial charge on any atom is -0.307 e. The molecule has 0 amide bonds. The molecule has 1 aromatic heterocycles. The van der Waals surface area contributed by atoms with Crippen molar-refractivity contribution in [3.8, 4) is 0 Å². The fraction of sp³-hybridized carbons (Fsp3) is 0.727. The zero-order valence-electron chi connectivity index (χ0n) is 9.07. The summed E-state index contributed by atoms with van der Waals surface area (Å²) in [6, 6.07) is 0. The first kappa shape index (κ1) is 9.75. The normalized spacial score (nSPS) is 39.5. The van der Waals surface area contributed by atoms with Gasteiger partial charge in [-0.15, -0.1) is 11.3 Å². The number of hydrogen-bond donors (Lipinski definition) is 1. The summed E-state index contributed by atoms with van der Waals surface area (Å²) < 4.78 is 0. The molecular weight excluding hydrogens is 206 g/mol. The minimum absolute atomic E-state index is 0.144. The molecule has 1 atom stereocenters. The average molecular weight is 223 g/mol. The molecular formula is C11H17N3S. The highest BCUT2D eigenvalue weighted by molar-refractivity contribution is 7.09. The Kier molecular flexibility index (Phi) is 2.30. The van der Waals surface area contributed by atoms with Gasteiger partial charge in [-0.1, -0.05) is 0 Å². The van der Waals surface area contributed by atoms with Gasteiger partial charge < -0.3 is 10.2 Å². The van der Waals surface area contributed by atoms with E-state index in [0.717, 1.165) is 12.5 Å². The molecule has 0 saturated carbocycles. The number of likely N-dealkylation sites (N-methyl/N-ethyl adjacent to an activating group) is 1. The Hall–Kier alpha value is -0.450. The SMILES string of the molecule is CNC1(c2nccs2)CN2CCC1CC2. The Morgan fingerprint density at radius 1 is 1.53 bits per heavy atom. The van der Waals surface area contributed by atoms with Gasteiger partial charge in [-0.3, -0.25) is 0 Å². The zero-order valence-corrected chi connectivity index (χ0v) is 9.89. The summed E-state index contributed by atoms with van der Waals surface area (Å²) >= 11 is 1.79. The van der Waals surface area contributed by atoms with E-state index in [0.29, 0.717) is 0 Å². The number of thiazole rings is 1. The molecule has 3 nitrogen and oxygen atoms in total. The lowest BCUT2D eigenvalue weighted by atomic mass is 9.73. The molecule has 1 unspecified atom stereocenters. The van der Waals surface area contributed by atoms with Crippen LogP contribution in [0.3, 0.4) is 0 Å². The molecule has 15 heavy (non-hydrogen) atoms. The third kappa shape index (κ3) is 1.35. The van der Waals surface area contributed by atoms with Gasteiger partial charge in [-0.05, 0) is 38.9 Å². The molecule has 3 aliphatic rings. The predicted octanol–water partition coefficient (Wildman–Crippen LogP) is 1.28. The average Bonchev–Trinajstić information content (AvgIpc) is 2.84. The van der Waals surface area contributed by atoms with E-state index < -0.39 is 0 Å². The van der Waals surface area contributed by atoms with Crippen molar-refractivity contribution in [2.75, 3.05) is 26.7 Å². The van der Waals surface area contributed by atoms with Gasteiger partial charge in [0.2, 0.25) is 0 Å². The first-order valence-electron chi connectivity index (χ1n) is 5.66. The van der Waals surface area contributed by atoms with Gasteiger partial charge in [0.1, 0.15) is 5.01 Å². The van der Waals surface area contributed by atoms with Gasteiger partial charge in [0.05, 0.1) is 5.54 Å². The summed E-state index contributed by atoms with van der Waals surface area (Å²) in [6.45, 7) is 3.70. The van der Waals surface area contributed by atoms with Crippen LogP contribution in [-0.4, -0.2) is 36.6 Å². The second kappa shape index (κ2) is 3.54. The zero-order chi connectivity index (χ0) is 10.3. The Morgan fingerprint density at radius 3 is 2.80 bits per heavy atom. The van der Waals surface area contributed by atoms with E-state index in [1.54, 1.807) is 11.3 Å². The largest absolute Gasteiger partial charge is 0.307 e. The summed E-state index contributed by atoms with van der Waals surface area (Å²) in [4.78, 5) is 7.10. The van der Waals surface area contributed by atoms with E-state index in [4.69, 9.17) is 0 Å². The van der Waals surface area contributed by atoms with Crippen LogP contribution in [0, 0.1) is 5.92 Å². The van der Waals surface area contributed by atoms with Crippen LogP contribution in [0.2, 0.25) is 0 Å². The fourth-order valence-electron chi connectivity index (χ4n) is 3.14. The molecule has 3 saturated heterocycles. The van der Waals surface area contributed by atoms with E-state index in [9.17, 15) is 0 Å². The van der Waals surface area contributed by atoms with Gasteiger partial charge in [0, 0.05) is 18.1 Å². The van der Waals surface area contributed by atoms with Gasteiger partial charge in [-0.2, -0.15) is 0 Å². The molecule has 1 N–H and O–H groups in total. The Morgan fingerprint density at radius 2 is 2.33 bits per heavy atom. The molecule has 0 radical (unpaired) electrons. The van der Waals surface area contributed by atoms with E-state index in [1.807, 2.05) is 6.20 Å². The van der Waals surface area contributed by atoms with Gasteiger partial charge in [0.15, 0.2) is 0 Å². The molecule has 0 aliphatic carbocycles. The van der Waals surface area contributed by atoms with E-state index in [1.165, 1.54) is 30.9 Å². The molecule has 0 aromatic carbocycles. The monoisotopic (exact) mass is 223 g/mol. The minimum atomic E-state index is 0.144. The van der Waals surface area contributed by atoms with Crippen molar-refractivity contribution in [2.45, 2.75) is 18.4 Å². The Labute approximate surface area is 94.5 Å². The second-order valence-corrected chi connectivity index (χ2v) is 5.50. The van der Waals surface area contributed by atoms with Crippen LogP contribution < -0.4 is 5.32 Å². The van der Waals surface area contributed by atoms with Crippen molar-refractivity contribution < 1.29 is 0 Å². The highest BCUT2D eigenvalue weighted by atomic mass is 32.1. The maximum Gasteiger partial charge on any atom is 0.114 e. The van der Waals surface area contributed by atoms with Crippen LogP contribution in [0.1, 0.15) is 17.8 Å². The van der Waals surface area contributed by atoms with Crippen molar-refractivity contribution in [2.24, 2.45) is 5.92 Å². The van der Waals surface area contributed by atoms with E-state index in [-0.39, 0.29) is 5.54 Å². The molecule has 1 aromatic rings. The predicted molar refractivity (Wildman–Crippen MR) is 62.0 cm³/mol. The summed E-state index contributed by atoms with van der Waals surface area (Å²) in [5.41, 5.74) is 0.144. The van der Waals surface area contributed by atoms with Crippen LogP contribution in [0.4, 0.5) is 0 Å². The number of nitrogens with zero attached hydrogens (tertiary/aromatic N) is 2. The van der Waals surface area contributed by atoms with Crippen molar-refractivity contribution in [1.82, 2.24) is 15.2 Å². The van der Waals surface area contributed by atoms with Crippen molar-refractivity contribution >= 4 is 11.3 Å². The smallest absolute Gasteiger partial charge is 0.114 e. The summed E-state index contributed by atoms with van der Waals surface area (Å²) in [5, 5.41) is 6.92. The quantitative estimate of drug-likeness (QED) is 0.819. The number of hydrogen-bond acceptors (Lipinski definition) is 4. The summed E-state index contributed by atoms with van der Waals surface area (Å²) in [6.07, 6.45) is 4.57. The van der Waals surface area contributed by atoms with Crippen LogP contribution in [0.25, 0.3) is 0 Å². The van der Waals surface area contributed by atoms with Crippen LogP contribution in [-0.2, 0) is 5.54 Å². The van der Waals surface area contributed by atoms with Gasteiger partial charge in [-0.25, -0.2) is 4.98 Å². The summed E-state index contributed by atoms with van der Waals surface area (Å²) in [7, 11) is 2.09. The lowest BCUT2D eigenvalue weighted by Crippen LogP contribution is -2.62. The second-order valence-electron chi connectivity index (χ2n) is 4.61. The van der Waals surface area contributed by atoms with Crippen molar-refractivity contribution in [1.29, 1.82) is 0 Å². The van der Waals surface area contributed by atoms with E-state index in [2.05, 4.69) is 27.6 Å². The number of fused-ring (bicyclic) bond motifs is 3. The first-order chi connectivity index (χ1) is 7.35. The number of nitrogens with one attached hydrogen (secondary N) is 1. The standard InChI is InChI=1S/C11H17N3S/c1-12-11(10-13-4-7-15-10)8-14-5-2-9(11)3-6-14/h4,7,9,12H,2-3,5-6,8H2,1H3.